The predicted octanol–water partition coefficient (Wildman–Crippen LogP) is 5.24. The Morgan fingerprint density at radius 1 is 1.09 bits per heavy atom. The van der Waals surface area contributed by atoms with Crippen LogP contribution in [0.2, 0.25) is 0 Å². The van der Waals surface area contributed by atoms with Crippen LogP contribution in [-0.4, -0.2) is 34.4 Å². The van der Waals surface area contributed by atoms with Crippen molar-refractivity contribution in [2.45, 2.75) is 33.7 Å². The van der Waals surface area contributed by atoms with E-state index in [-0.39, 0.29) is 30.3 Å². The number of ether oxygens (including phenoxy) is 1. The van der Waals surface area contributed by atoms with Crippen LogP contribution in [0, 0.1) is 6.92 Å². The summed E-state index contributed by atoms with van der Waals surface area (Å²) in [4.78, 5) is 42.5. The summed E-state index contributed by atoms with van der Waals surface area (Å²) in [6.07, 6.45) is 0.214. The maximum atomic E-state index is 13.3. The number of aromatic nitrogens is 1. The molecule has 0 radical (unpaired) electrons. The highest BCUT2D eigenvalue weighted by atomic mass is 16.7. The molecule has 0 saturated heterocycles. The Morgan fingerprint density at radius 3 is 2.60 bits per heavy atom. The van der Waals surface area contributed by atoms with E-state index in [1.165, 1.54) is 6.92 Å². The van der Waals surface area contributed by atoms with Crippen LogP contribution in [0.3, 0.4) is 0 Å². The predicted molar refractivity (Wildman–Crippen MR) is 133 cm³/mol. The molecule has 7 heteroatoms. The Labute approximate surface area is 201 Å². The molecule has 0 amide bonds. The SMILES string of the molecule is CCn1c2ccc(C(=O)c3ccccc3C)cc2c2c3c(ccc21)C(=O)/C(=N/OC(C)=O)CCO3. The van der Waals surface area contributed by atoms with Gasteiger partial charge in [0.15, 0.2) is 5.78 Å². The van der Waals surface area contributed by atoms with Gasteiger partial charge in [0, 0.05) is 41.9 Å². The van der Waals surface area contributed by atoms with Gasteiger partial charge in [0.1, 0.15) is 11.5 Å². The third-order valence-corrected chi connectivity index (χ3v) is 6.33. The number of hydrogen-bond donors (Lipinski definition) is 0. The van der Waals surface area contributed by atoms with Crippen molar-refractivity contribution in [3.63, 3.8) is 0 Å². The highest BCUT2D eigenvalue weighted by molar-refractivity contribution is 6.47. The summed E-state index contributed by atoms with van der Waals surface area (Å²) in [7, 11) is 0. The quantitative estimate of drug-likeness (QED) is 0.232. The molecule has 0 aliphatic carbocycles. The van der Waals surface area contributed by atoms with Gasteiger partial charge in [0.25, 0.3) is 0 Å². The molecule has 5 rings (SSSR count). The fourth-order valence-electron chi connectivity index (χ4n) is 4.68. The molecule has 2 heterocycles. The van der Waals surface area contributed by atoms with Crippen LogP contribution in [0.1, 0.15) is 52.1 Å². The largest absolute Gasteiger partial charge is 0.492 e. The maximum absolute atomic E-state index is 13.3. The van der Waals surface area contributed by atoms with Crippen LogP contribution in [0.5, 0.6) is 5.75 Å². The second-order valence-electron chi connectivity index (χ2n) is 8.51. The molecule has 4 aromatic rings. The van der Waals surface area contributed by atoms with Crippen molar-refractivity contribution < 1.29 is 24.0 Å². The van der Waals surface area contributed by atoms with Crippen molar-refractivity contribution in [3.05, 3.63) is 76.9 Å². The smallest absolute Gasteiger partial charge is 0.331 e. The van der Waals surface area contributed by atoms with Gasteiger partial charge in [-0.3, -0.25) is 9.59 Å². The zero-order chi connectivity index (χ0) is 24.7. The molecule has 3 aromatic carbocycles. The minimum Gasteiger partial charge on any atom is -0.492 e. The Balaban J connectivity index is 1.73. The highest BCUT2D eigenvalue weighted by Gasteiger charge is 2.28. The van der Waals surface area contributed by atoms with E-state index in [9.17, 15) is 14.4 Å². The second kappa shape index (κ2) is 8.83. The lowest BCUT2D eigenvalue weighted by molar-refractivity contribution is -0.140. The zero-order valence-electron chi connectivity index (χ0n) is 19.8. The molecule has 0 spiro atoms. The van der Waals surface area contributed by atoms with E-state index in [1.807, 2.05) is 62.4 Å². The summed E-state index contributed by atoms with van der Waals surface area (Å²) in [5.74, 6) is -0.538. The van der Waals surface area contributed by atoms with Crippen LogP contribution in [0.25, 0.3) is 21.8 Å². The molecule has 35 heavy (non-hydrogen) atoms. The Hall–Kier alpha value is -4.26. The third-order valence-electron chi connectivity index (χ3n) is 6.33. The van der Waals surface area contributed by atoms with E-state index in [1.54, 1.807) is 6.07 Å². The van der Waals surface area contributed by atoms with Crippen molar-refractivity contribution >= 4 is 45.1 Å². The second-order valence-corrected chi connectivity index (χ2v) is 8.51. The van der Waals surface area contributed by atoms with Gasteiger partial charge in [-0.1, -0.05) is 29.4 Å². The number of hydrogen-bond acceptors (Lipinski definition) is 6. The molecule has 176 valence electrons. The lowest BCUT2D eigenvalue weighted by Crippen LogP contribution is -2.15. The zero-order valence-corrected chi connectivity index (χ0v) is 19.8. The molecule has 1 aliphatic heterocycles. The number of aryl methyl sites for hydroxylation is 2. The van der Waals surface area contributed by atoms with Crippen molar-refractivity contribution in [2.24, 2.45) is 5.16 Å². The number of fused-ring (bicyclic) bond motifs is 5. The molecular formula is C28H24N2O5. The number of carbonyl (C=O) groups excluding carboxylic acids is 3. The van der Waals surface area contributed by atoms with Crippen LogP contribution in [-0.2, 0) is 16.2 Å². The Bertz CT molecular complexity index is 1560. The molecule has 7 nitrogen and oxygen atoms in total. The topological polar surface area (TPSA) is 87.0 Å². The molecule has 0 atom stereocenters. The van der Waals surface area contributed by atoms with Gasteiger partial charge in [-0.05, 0) is 49.7 Å². The van der Waals surface area contributed by atoms with Gasteiger partial charge in [0.2, 0.25) is 5.78 Å². The summed E-state index contributed by atoms with van der Waals surface area (Å²) in [5.41, 5.74) is 4.48. The van der Waals surface area contributed by atoms with E-state index in [4.69, 9.17) is 9.57 Å². The minimum atomic E-state index is -0.594. The lowest BCUT2D eigenvalue weighted by Gasteiger charge is -2.09. The van der Waals surface area contributed by atoms with E-state index in [2.05, 4.69) is 9.72 Å². The third kappa shape index (κ3) is 3.79. The van der Waals surface area contributed by atoms with Crippen molar-refractivity contribution in [1.29, 1.82) is 0 Å². The van der Waals surface area contributed by atoms with Crippen molar-refractivity contribution in [2.75, 3.05) is 6.61 Å². The number of ketones is 2. The van der Waals surface area contributed by atoms with Crippen LogP contribution in [0.4, 0.5) is 0 Å². The number of oxime groups is 1. The summed E-state index contributed by atoms with van der Waals surface area (Å²) >= 11 is 0. The van der Waals surface area contributed by atoms with Crippen LogP contribution < -0.4 is 4.74 Å². The van der Waals surface area contributed by atoms with Gasteiger partial charge < -0.3 is 14.1 Å². The molecular weight excluding hydrogens is 444 g/mol. The molecule has 0 N–H and O–H groups in total. The number of benzene rings is 3. The average molecular weight is 469 g/mol. The first kappa shape index (κ1) is 22.5. The van der Waals surface area contributed by atoms with Crippen LogP contribution >= 0.6 is 0 Å². The van der Waals surface area contributed by atoms with E-state index in [0.717, 1.165) is 27.4 Å². The molecule has 0 unspecified atom stereocenters. The summed E-state index contributed by atoms with van der Waals surface area (Å²) in [6.45, 7) is 6.11. The van der Waals surface area contributed by atoms with Crippen molar-refractivity contribution in [3.8, 4) is 5.75 Å². The van der Waals surface area contributed by atoms with E-state index < -0.39 is 5.97 Å². The first-order valence-electron chi connectivity index (χ1n) is 11.5. The van der Waals surface area contributed by atoms with Gasteiger partial charge in [0.05, 0.1) is 23.1 Å². The Kier molecular flexibility index (Phi) is 5.68. The molecule has 1 aromatic heterocycles. The van der Waals surface area contributed by atoms with Crippen LogP contribution in [0.15, 0.2) is 59.8 Å². The first-order valence-corrected chi connectivity index (χ1v) is 11.5. The van der Waals surface area contributed by atoms with Crippen molar-refractivity contribution in [1.82, 2.24) is 4.57 Å². The van der Waals surface area contributed by atoms with E-state index in [0.29, 0.717) is 29.0 Å². The van der Waals surface area contributed by atoms with E-state index >= 15 is 0 Å². The van der Waals surface area contributed by atoms with Gasteiger partial charge >= 0.3 is 5.97 Å². The van der Waals surface area contributed by atoms with Gasteiger partial charge in [-0.2, -0.15) is 0 Å². The lowest BCUT2D eigenvalue weighted by atomic mass is 9.97. The minimum absolute atomic E-state index is 0.0581. The molecule has 0 saturated carbocycles. The molecule has 0 bridgehead atoms. The monoisotopic (exact) mass is 468 g/mol. The van der Waals surface area contributed by atoms with Gasteiger partial charge in [-0.25, -0.2) is 4.79 Å². The molecule has 0 fully saturated rings. The van der Waals surface area contributed by atoms with Gasteiger partial charge in [-0.15, -0.1) is 0 Å². The normalized spacial score (nSPS) is 14.6. The fraction of sp³-hybridized carbons (Fsp3) is 0.214. The number of carbonyl (C=O) groups is 3. The highest BCUT2D eigenvalue weighted by Crippen LogP contribution is 2.40. The summed E-state index contributed by atoms with van der Waals surface area (Å²) in [5, 5.41) is 5.37. The maximum Gasteiger partial charge on any atom is 0.331 e. The first-order chi connectivity index (χ1) is 16.9. The fourth-order valence-corrected chi connectivity index (χ4v) is 4.68. The Morgan fingerprint density at radius 2 is 1.86 bits per heavy atom. The molecule has 1 aliphatic rings. The summed E-state index contributed by atoms with van der Waals surface area (Å²) in [6, 6.07) is 16.8. The average Bonchev–Trinajstić information content (AvgIpc) is 3.08. The number of Topliss-reactive ketones (excluding diaryl/α,β-unsaturated/α-hetero) is 1. The number of rotatable bonds is 4. The summed E-state index contributed by atoms with van der Waals surface area (Å²) < 4.78 is 8.24. The number of nitrogens with zero attached hydrogens (tertiary/aromatic N) is 2. The standard InChI is InChI=1S/C28H24N2O5/c1-4-30-23-11-9-18(26(32)19-8-6-5-7-16(19)2)15-21(23)25-24(30)12-10-20-27(33)22(29-35-17(3)31)13-14-34-28(20)25/h5-12,15H,4,13-14H2,1-3H3/b29-22+.